The predicted molar refractivity (Wildman–Crippen MR) is 59.4 cm³/mol. The molecular weight excluding hydrogens is 192 g/mol. The molecule has 5 heteroatoms. The second kappa shape index (κ2) is 4.44. The largest absolute Gasteiger partial charge is 0.330 e. The van der Waals surface area contributed by atoms with Gasteiger partial charge in [-0.1, -0.05) is 13.8 Å². The van der Waals surface area contributed by atoms with Crippen LogP contribution in [0.15, 0.2) is 12.4 Å². The van der Waals surface area contributed by atoms with Crippen molar-refractivity contribution in [1.29, 1.82) is 0 Å². The Kier molecular flexibility index (Phi) is 3.47. The van der Waals surface area contributed by atoms with Crippen LogP contribution in [0.4, 0.5) is 5.69 Å². The van der Waals surface area contributed by atoms with Gasteiger partial charge >= 0.3 is 0 Å². The van der Waals surface area contributed by atoms with Crippen molar-refractivity contribution in [3.05, 3.63) is 12.4 Å². The highest BCUT2D eigenvalue weighted by Gasteiger charge is 2.16. The van der Waals surface area contributed by atoms with E-state index in [0.29, 0.717) is 6.54 Å². The van der Waals surface area contributed by atoms with Gasteiger partial charge in [0.05, 0.1) is 11.9 Å². The first kappa shape index (κ1) is 11.7. The van der Waals surface area contributed by atoms with Gasteiger partial charge in [-0.05, 0) is 12.0 Å². The van der Waals surface area contributed by atoms with Gasteiger partial charge in [-0.3, -0.25) is 9.48 Å². The Labute approximate surface area is 89.6 Å². The van der Waals surface area contributed by atoms with Gasteiger partial charge < -0.3 is 11.1 Å². The molecule has 1 rings (SSSR count). The van der Waals surface area contributed by atoms with E-state index in [1.165, 1.54) is 6.92 Å². The summed E-state index contributed by atoms with van der Waals surface area (Å²) in [7, 11) is 0. The monoisotopic (exact) mass is 210 g/mol. The number of carbonyl (C=O) groups excluding carboxylic acids is 1. The molecule has 0 saturated carbocycles. The van der Waals surface area contributed by atoms with Gasteiger partial charge in [0.25, 0.3) is 0 Å². The van der Waals surface area contributed by atoms with E-state index in [0.717, 1.165) is 12.2 Å². The molecule has 0 aromatic carbocycles. The minimum absolute atomic E-state index is 0.0134. The highest BCUT2D eigenvalue weighted by molar-refractivity contribution is 5.88. The summed E-state index contributed by atoms with van der Waals surface area (Å²) >= 11 is 0. The molecule has 0 radical (unpaired) electrons. The first-order valence-electron chi connectivity index (χ1n) is 4.93. The summed E-state index contributed by atoms with van der Waals surface area (Å²) in [5, 5.41) is 6.82. The van der Waals surface area contributed by atoms with Gasteiger partial charge in [0.15, 0.2) is 0 Å². The first-order chi connectivity index (χ1) is 6.93. The maximum absolute atomic E-state index is 10.8. The van der Waals surface area contributed by atoms with E-state index in [-0.39, 0.29) is 11.3 Å². The molecular formula is C10H18N4O. The lowest BCUT2D eigenvalue weighted by Crippen LogP contribution is -2.28. The fourth-order valence-corrected chi connectivity index (χ4v) is 1.22. The van der Waals surface area contributed by atoms with Gasteiger partial charge in [0, 0.05) is 19.7 Å². The summed E-state index contributed by atoms with van der Waals surface area (Å²) in [6.07, 6.45) is 3.44. The SMILES string of the molecule is CC(=O)Nc1cnn(CC(C)(C)CN)c1. The number of rotatable bonds is 4. The number of hydrogen-bond acceptors (Lipinski definition) is 3. The Bertz CT molecular complexity index is 343. The third-order valence-corrected chi connectivity index (χ3v) is 2.10. The molecule has 0 atom stereocenters. The molecule has 0 saturated heterocycles. The van der Waals surface area contributed by atoms with E-state index in [1.807, 2.05) is 0 Å². The predicted octanol–water partition coefficient (Wildman–Crippen LogP) is 0.826. The van der Waals surface area contributed by atoms with Crippen LogP contribution in [-0.2, 0) is 11.3 Å². The molecule has 0 unspecified atom stereocenters. The number of nitrogens with one attached hydrogen (secondary N) is 1. The van der Waals surface area contributed by atoms with Crippen LogP contribution in [0.2, 0.25) is 0 Å². The molecule has 1 aromatic rings. The Morgan fingerprint density at radius 3 is 2.87 bits per heavy atom. The van der Waals surface area contributed by atoms with E-state index < -0.39 is 0 Å². The molecule has 1 aromatic heterocycles. The van der Waals surface area contributed by atoms with Crippen LogP contribution in [0.1, 0.15) is 20.8 Å². The van der Waals surface area contributed by atoms with Crippen molar-refractivity contribution >= 4 is 11.6 Å². The number of anilines is 1. The average molecular weight is 210 g/mol. The second-order valence-electron chi connectivity index (χ2n) is 4.48. The number of carbonyl (C=O) groups is 1. The minimum Gasteiger partial charge on any atom is -0.330 e. The van der Waals surface area contributed by atoms with Gasteiger partial charge in [0.1, 0.15) is 0 Å². The molecule has 0 aliphatic heterocycles. The standard InChI is InChI=1S/C10H18N4O/c1-8(15)13-9-4-12-14(5-9)7-10(2,3)6-11/h4-5H,6-7,11H2,1-3H3,(H,13,15). The summed E-state index contributed by atoms with van der Waals surface area (Å²) in [4.78, 5) is 10.8. The van der Waals surface area contributed by atoms with E-state index in [1.54, 1.807) is 17.1 Å². The zero-order chi connectivity index (χ0) is 11.5. The summed E-state index contributed by atoms with van der Waals surface area (Å²) in [5.41, 5.74) is 6.36. The first-order valence-corrected chi connectivity index (χ1v) is 4.93. The Hall–Kier alpha value is -1.36. The third kappa shape index (κ3) is 3.71. The number of amides is 1. The number of hydrogen-bond donors (Lipinski definition) is 2. The maximum Gasteiger partial charge on any atom is 0.221 e. The van der Waals surface area contributed by atoms with Crippen molar-refractivity contribution in [3.63, 3.8) is 0 Å². The van der Waals surface area contributed by atoms with Gasteiger partial charge in [0.2, 0.25) is 5.91 Å². The van der Waals surface area contributed by atoms with E-state index in [2.05, 4.69) is 24.3 Å². The molecule has 84 valence electrons. The molecule has 0 spiro atoms. The Morgan fingerprint density at radius 2 is 2.33 bits per heavy atom. The van der Waals surface area contributed by atoms with Crippen LogP contribution in [0.3, 0.4) is 0 Å². The lowest BCUT2D eigenvalue weighted by molar-refractivity contribution is -0.114. The maximum atomic E-state index is 10.8. The van der Waals surface area contributed by atoms with Gasteiger partial charge in [-0.2, -0.15) is 5.10 Å². The highest BCUT2D eigenvalue weighted by atomic mass is 16.1. The van der Waals surface area contributed by atoms with Crippen molar-refractivity contribution in [1.82, 2.24) is 9.78 Å². The van der Waals surface area contributed by atoms with Crippen molar-refractivity contribution in [2.24, 2.45) is 11.1 Å². The quantitative estimate of drug-likeness (QED) is 0.773. The number of nitrogens with zero attached hydrogens (tertiary/aromatic N) is 2. The molecule has 0 aliphatic rings. The molecule has 0 aliphatic carbocycles. The highest BCUT2D eigenvalue weighted by Crippen LogP contribution is 2.16. The van der Waals surface area contributed by atoms with Crippen molar-refractivity contribution < 1.29 is 4.79 Å². The Balaban J connectivity index is 2.64. The van der Waals surface area contributed by atoms with Crippen LogP contribution < -0.4 is 11.1 Å². The molecule has 3 N–H and O–H groups in total. The fourth-order valence-electron chi connectivity index (χ4n) is 1.22. The van der Waals surface area contributed by atoms with E-state index in [9.17, 15) is 4.79 Å². The molecule has 5 nitrogen and oxygen atoms in total. The van der Waals surface area contributed by atoms with Crippen molar-refractivity contribution in [2.75, 3.05) is 11.9 Å². The summed E-state index contributed by atoms with van der Waals surface area (Å²) in [6.45, 7) is 6.96. The summed E-state index contributed by atoms with van der Waals surface area (Å²) in [6, 6.07) is 0. The van der Waals surface area contributed by atoms with Crippen molar-refractivity contribution in [2.45, 2.75) is 27.3 Å². The van der Waals surface area contributed by atoms with Gasteiger partial charge in [-0.15, -0.1) is 0 Å². The second-order valence-corrected chi connectivity index (χ2v) is 4.48. The number of nitrogens with two attached hydrogens (primary N) is 1. The molecule has 0 bridgehead atoms. The molecule has 0 fully saturated rings. The van der Waals surface area contributed by atoms with Crippen LogP contribution >= 0.6 is 0 Å². The molecule has 15 heavy (non-hydrogen) atoms. The smallest absolute Gasteiger partial charge is 0.221 e. The summed E-state index contributed by atoms with van der Waals surface area (Å²) in [5.74, 6) is -0.0902. The number of aromatic nitrogens is 2. The lowest BCUT2D eigenvalue weighted by atomic mass is 9.94. The van der Waals surface area contributed by atoms with Crippen LogP contribution in [-0.4, -0.2) is 22.2 Å². The van der Waals surface area contributed by atoms with Crippen LogP contribution in [0, 0.1) is 5.41 Å². The Morgan fingerprint density at radius 1 is 1.67 bits per heavy atom. The minimum atomic E-state index is -0.0902. The van der Waals surface area contributed by atoms with Crippen molar-refractivity contribution in [3.8, 4) is 0 Å². The summed E-state index contributed by atoms with van der Waals surface area (Å²) < 4.78 is 1.79. The fraction of sp³-hybridized carbons (Fsp3) is 0.600. The van der Waals surface area contributed by atoms with Gasteiger partial charge in [-0.25, -0.2) is 0 Å². The van der Waals surface area contributed by atoms with E-state index >= 15 is 0 Å². The lowest BCUT2D eigenvalue weighted by Gasteiger charge is -2.21. The van der Waals surface area contributed by atoms with E-state index in [4.69, 9.17) is 5.73 Å². The normalized spacial score (nSPS) is 11.5. The molecule has 1 amide bonds. The zero-order valence-corrected chi connectivity index (χ0v) is 9.45. The molecule has 1 heterocycles. The van der Waals surface area contributed by atoms with Crippen LogP contribution in [0.25, 0.3) is 0 Å². The topological polar surface area (TPSA) is 72.9 Å². The zero-order valence-electron chi connectivity index (χ0n) is 9.45. The third-order valence-electron chi connectivity index (χ3n) is 2.10. The average Bonchev–Trinajstić information content (AvgIpc) is 2.50. The van der Waals surface area contributed by atoms with Crippen LogP contribution in [0.5, 0.6) is 0 Å².